The molecule has 2 heterocycles. The summed E-state index contributed by atoms with van der Waals surface area (Å²) in [6.07, 6.45) is 0. The van der Waals surface area contributed by atoms with Crippen molar-refractivity contribution in [1.82, 2.24) is 14.9 Å². The molecule has 3 aromatic rings. The minimum absolute atomic E-state index is 0.239. The van der Waals surface area contributed by atoms with Gasteiger partial charge >= 0.3 is 0 Å². The normalized spacial score (nSPS) is 11.8. The van der Waals surface area contributed by atoms with Crippen molar-refractivity contribution in [2.45, 2.75) is 32.2 Å². The zero-order valence-corrected chi connectivity index (χ0v) is 17.3. The van der Waals surface area contributed by atoms with Gasteiger partial charge in [0.2, 0.25) is 10.0 Å². The van der Waals surface area contributed by atoms with E-state index in [2.05, 4.69) is 30.8 Å². The van der Waals surface area contributed by atoms with Crippen LogP contribution in [-0.4, -0.2) is 18.6 Å². The highest BCUT2D eigenvalue weighted by molar-refractivity contribution is 9.10. The van der Waals surface area contributed by atoms with Crippen LogP contribution in [0, 0.1) is 20.8 Å². The molecule has 0 amide bonds. The molecule has 2 aromatic heterocycles. The molecule has 8 heteroatoms. The Hall–Kier alpha value is -1.48. The van der Waals surface area contributed by atoms with Gasteiger partial charge in [-0.1, -0.05) is 28.1 Å². The maximum Gasteiger partial charge on any atom is 0.242 e. The van der Waals surface area contributed by atoms with Gasteiger partial charge in [0, 0.05) is 32.0 Å². The lowest BCUT2D eigenvalue weighted by atomic mass is 10.2. The summed E-state index contributed by atoms with van der Waals surface area (Å²) in [5.41, 5.74) is 3.12. The molecular weight excluding hydrogens is 422 g/mol. The van der Waals surface area contributed by atoms with Crippen molar-refractivity contribution in [1.29, 1.82) is 0 Å². The number of aromatic nitrogens is 2. The van der Waals surface area contributed by atoms with E-state index in [1.165, 1.54) is 11.3 Å². The lowest BCUT2D eigenvalue weighted by Gasteiger charge is -2.09. The molecular formula is C17H18BrN3O2S2. The van der Waals surface area contributed by atoms with Crippen LogP contribution >= 0.6 is 27.3 Å². The van der Waals surface area contributed by atoms with Gasteiger partial charge in [0.25, 0.3) is 0 Å². The standard InChI is InChI=1S/C17H18BrN3O2S2/c1-10-8-15(21-20-10)16-11(2)24-12(3)17(16)25(22,23)19-9-13-4-6-14(18)7-5-13/h4-8,19H,9H2,1-3H3,(H,20,21). The number of hydrogen-bond donors (Lipinski definition) is 2. The zero-order chi connectivity index (χ0) is 18.2. The second kappa shape index (κ2) is 7.03. The Labute approximate surface area is 159 Å². The highest BCUT2D eigenvalue weighted by atomic mass is 79.9. The molecule has 2 N–H and O–H groups in total. The van der Waals surface area contributed by atoms with Gasteiger partial charge in [-0.2, -0.15) is 5.10 Å². The van der Waals surface area contributed by atoms with Crippen LogP contribution in [0.15, 0.2) is 39.7 Å². The maximum absolute atomic E-state index is 13.0. The van der Waals surface area contributed by atoms with E-state index in [-0.39, 0.29) is 6.54 Å². The van der Waals surface area contributed by atoms with Gasteiger partial charge in [-0.05, 0) is 44.5 Å². The van der Waals surface area contributed by atoms with Crippen molar-refractivity contribution < 1.29 is 8.42 Å². The van der Waals surface area contributed by atoms with Crippen LogP contribution in [0.1, 0.15) is 21.0 Å². The highest BCUT2D eigenvalue weighted by Gasteiger charge is 2.27. The predicted molar refractivity (Wildman–Crippen MR) is 104 cm³/mol. The smallest absolute Gasteiger partial charge is 0.242 e. The molecule has 1 aromatic carbocycles. The molecule has 0 spiro atoms. The number of aromatic amines is 1. The molecule has 132 valence electrons. The number of aryl methyl sites for hydroxylation is 3. The summed E-state index contributed by atoms with van der Waals surface area (Å²) in [5.74, 6) is 0. The summed E-state index contributed by atoms with van der Waals surface area (Å²) in [6, 6.07) is 9.41. The molecule has 0 aliphatic heterocycles. The fourth-order valence-electron chi connectivity index (χ4n) is 2.68. The molecule has 0 saturated carbocycles. The quantitative estimate of drug-likeness (QED) is 0.621. The monoisotopic (exact) mass is 439 g/mol. The first-order valence-corrected chi connectivity index (χ1v) is 10.7. The molecule has 0 unspecified atom stereocenters. The third kappa shape index (κ3) is 3.87. The number of H-pyrrole nitrogens is 1. The lowest BCUT2D eigenvalue weighted by molar-refractivity contribution is 0.581. The molecule has 0 atom stereocenters. The van der Waals surface area contributed by atoms with Crippen molar-refractivity contribution in [3.8, 4) is 11.3 Å². The molecule has 0 bridgehead atoms. The summed E-state index contributed by atoms with van der Waals surface area (Å²) >= 11 is 4.85. The first-order valence-electron chi connectivity index (χ1n) is 7.64. The molecule has 0 saturated heterocycles. The van der Waals surface area contributed by atoms with Crippen molar-refractivity contribution in [2.75, 3.05) is 0 Å². The summed E-state index contributed by atoms with van der Waals surface area (Å²) in [4.78, 5) is 2.02. The van der Waals surface area contributed by atoms with Gasteiger partial charge in [0.1, 0.15) is 4.90 Å². The van der Waals surface area contributed by atoms with E-state index >= 15 is 0 Å². The summed E-state index contributed by atoms with van der Waals surface area (Å²) in [6.45, 7) is 5.88. The van der Waals surface area contributed by atoms with E-state index < -0.39 is 10.0 Å². The summed E-state index contributed by atoms with van der Waals surface area (Å²) in [7, 11) is -3.65. The Balaban J connectivity index is 1.95. The van der Waals surface area contributed by atoms with Gasteiger partial charge in [-0.25, -0.2) is 13.1 Å². The van der Waals surface area contributed by atoms with Gasteiger partial charge in [-0.3, -0.25) is 5.10 Å². The van der Waals surface area contributed by atoms with Crippen LogP contribution in [0.4, 0.5) is 0 Å². The Morgan fingerprint density at radius 3 is 2.44 bits per heavy atom. The topological polar surface area (TPSA) is 74.8 Å². The Kier molecular flexibility index (Phi) is 5.15. The fraction of sp³-hybridized carbons (Fsp3) is 0.235. The SMILES string of the molecule is Cc1cc(-c2c(C)sc(C)c2S(=O)(=O)NCc2ccc(Br)cc2)n[nH]1. The summed E-state index contributed by atoms with van der Waals surface area (Å²) in [5, 5.41) is 7.13. The number of hydrogen-bond acceptors (Lipinski definition) is 4. The van der Waals surface area contributed by atoms with Gasteiger partial charge in [0.15, 0.2) is 0 Å². The number of nitrogens with one attached hydrogen (secondary N) is 2. The predicted octanol–water partition coefficient (Wildman–Crippen LogP) is 4.30. The molecule has 0 radical (unpaired) electrons. The summed E-state index contributed by atoms with van der Waals surface area (Å²) < 4.78 is 29.6. The lowest BCUT2D eigenvalue weighted by Crippen LogP contribution is -2.24. The second-order valence-electron chi connectivity index (χ2n) is 5.81. The minimum Gasteiger partial charge on any atom is -0.282 e. The number of halogens is 1. The highest BCUT2D eigenvalue weighted by Crippen LogP contribution is 2.38. The Morgan fingerprint density at radius 1 is 1.16 bits per heavy atom. The van der Waals surface area contributed by atoms with Gasteiger partial charge in [-0.15, -0.1) is 11.3 Å². The van der Waals surface area contributed by atoms with Crippen molar-refractivity contribution in [3.05, 3.63) is 55.8 Å². The molecule has 3 rings (SSSR count). The van der Waals surface area contributed by atoms with Crippen LogP contribution in [0.2, 0.25) is 0 Å². The van der Waals surface area contributed by atoms with Crippen LogP contribution in [0.5, 0.6) is 0 Å². The number of thiophene rings is 1. The van der Waals surface area contributed by atoms with Gasteiger partial charge < -0.3 is 0 Å². The fourth-order valence-corrected chi connectivity index (χ4v) is 5.83. The van der Waals surface area contributed by atoms with Crippen molar-refractivity contribution in [2.24, 2.45) is 0 Å². The molecule has 25 heavy (non-hydrogen) atoms. The maximum atomic E-state index is 13.0. The van der Waals surface area contributed by atoms with E-state index in [0.717, 1.165) is 25.5 Å². The largest absolute Gasteiger partial charge is 0.282 e. The third-order valence-electron chi connectivity index (χ3n) is 3.82. The van der Waals surface area contributed by atoms with Crippen molar-refractivity contribution >= 4 is 37.3 Å². The Bertz CT molecular complexity index is 1010. The van der Waals surface area contributed by atoms with E-state index in [9.17, 15) is 8.42 Å². The third-order valence-corrected chi connectivity index (χ3v) is 7.07. The molecule has 0 aliphatic rings. The average Bonchev–Trinajstić information content (AvgIpc) is 3.09. The minimum atomic E-state index is -3.65. The number of sulfonamides is 1. The van der Waals surface area contributed by atoms with E-state index in [1.54, 1.807) is 0 Å². The van der Waals surface area contributed by atoms with Crippen LogP contribution in [0.3, 0.4) is 0 Å². The first-order chi connectivity index (χ1) is 11.8. The molecule has 0 aliphatic carbocycles. The average molecular weight is 440 g/mol. The number of nitrogens with zero attached hydrogens (tertiary/aromatic N) is 1. The van der Waals surface area contributed by atoms with Crippen LogP contribution in [-0.2, 0) is 16.6 Å². The van der Waals surface area contributed by atoms with Crippen LogP contribution < -0.4 is 4.72 Å². The molecule has 0 fully saturated rings. The number of rotatable bonds is 5. The Morgan fingerprint density at radius 2 is 1.84 bits per heavy atom. The van der Waals surface area contributed by atoms with Crippen LogP contribution in [0.25, 0.3) is 11.3 Å². The zero-order valence-electron chi connectivity index (χ0n) is 14.1. The molecule has 5 nitrogen and oxygen atoms in total. The second-order valence-corrected chi connectivity index (χ2v) is 9.85. The van der Waals surface area contributed by atoms with E-state index in [4.69, 9.17) is 0 Å². The first kappa shape index (κ1) is 18.3. The van der Waals surface area contributed by atoms with E-state index in [0.29, 0.717) is 16.2 Å². The van der Waals surface area contributed by atoms with Gasteiger partial charge in [0.05, 0.1) is 5.69 Å². The van der Waals surface area contributed by atoms with E-state index in [1.807, 2.05) is 51.1 Å². The number of benzene rings is 1. The van der Waals surface area contributed by atoms with Crippen molar-refractivity contribution in [3.63, 3.8) is 0 Å².